The molecule has 0 saturated heterocycles. The summed E-state index contributed by atoms with van der Waals surface area (Å²) in [4.78, 5) is 11.6. The minimum absolute atomic E-state index is 0.0454. The van der Waals surface area contributed by atoms with E-state index in [1.807, 2.05) is 0 Å². The van der Waals surface area contributed by atoms with Gasteiger partial charge in [-0.3, -0.25) is 4.79 Å². The van der Waals surface area contributed by atoms with Crippen molar-refractivity contribution in [1.29, 1.82) is 0 Å². The summed E-state index contributed by atoms with van der Waals surface area (Å²) in [6.07, 6.45) is 1.84. The largest absolute Gasteiger partial charge is 0.356 e. The predicted octanol–water partition coefficient (Wildman–Crippen LogP) is 0.800. The number of aryl methyl sites for hydroxylation is 2. The highest BCUT2D eigenvalue weighted by Gasteiger charge is 2.03. The molecule has 0 aliphatic rings. The van der Waals surface area contributed by atoms with Crippen LogP contribution in [0.4, 0.5) is 0 Å². The van der Waals surface area contributed by atoms with E-state index in [4.69, 9.17) is 0 Å². The number of aromatic amines is 1. The van der Waals surface area contributed by atoms with Crippen LogP contribution in [0.2, 0.25) is 0 Å². The number of amides is 1. The first kappa shape index (κ1) is 13.2. The zero-order valence-corrected chi connectivity index (χ0v) is 10.9. The van der Waals surface area contributed by atoms with Crippen LogP contribution in [0.15, 0.2) is 24.3 Å². The maximum Gasteiger partial charge on any atom is 0.220 e. The van der Waals surface area contributed by atoms with Gasteiger partial charge in [0.15, 0.2) is 5.82 Å². The third-order valence-electron chi connectivity index (χ3n) is 2.82. The second-order valence-corrected chi connectivity index (χ2v) is 4.41. The van der Waals surface area contributed by atoms with Crippen molar-refractivity contribution in [2.75, 3.05) is 6.54 Å². The Balaban J connectivity index is 1.65. The Morgan fingerprint density at radius 2 is 2.05 bits per heavy atom. The van der Waals surface area contributed by atoms with Crippen LogP contribution in [0, 0.1) is 6.92 Å². The molecule has 2 N–H and O–H groups in total. The zero-order chi connectivity index (χ0) is 13.5. The highest BCUT2D eigenvalue weighted by molar-refractivity contribution is 5.76. The molecule has 0 atom stereocenters. The standard InChI is InChI=1S/C13H17N5O/c1-10-2-4-11(5-3-10)6-7-13(19)14-9-8-12-15-17-18-16-12/h2-5H,6-9H2,1H3,(H,14,19)(H,15,16,17,18). The number of nitrogens with zero attached hydrogens (tertiary/aromatic N) is 3. The van der Waals surface area contributed by atoms with Crippen molar-refractivity contribution in [3.8, 4) is 0 Å². The molecule has 0 spiro atoms. The Hall–Kier alpha value is -2.24. The average Bonchev–Trinajstić information content (AvgIpc) is 2.91. The van der Waals surface area contributed by atoms with Crippen LogP contribution in [-0.4, -0.2) is 33.1 Å². The summed E-state index contributed by atoms with van der Waals surface area (Å²) in [6.45, 7) is 2.58. The monoisotopic (exact) mass is 259 g/mol. The molecule has 0 unspecified atom stereocenters. The summed E-state index contributed by atoms with van der Waals surface area (Å²) >= 11 is 0. The minimum atomic E-state index is 0.0454. The van der Waals surface area contributed by atoms with E-state index < -0.39 is 0 Å². The Labute approximate surface area is 111 Å². The molecule has 0 saturated carbocycles. The fourth-order valence-corrected chi connectivity index (χ4v) is 1.70. The third-order valence-corrected chi connectivity index (χ3v) is 2.82. The first-order valence-corrected chi connectivity index (χ1v) is 6.28. The second-order valence-electron chi connectivity index (χ2n) is 4.41. The Morgan fingerprint density at radius 3 is 2.74 bits per heavy atom. The first-order chi connectivity index (χ1) is 9.24. The Kier molecular flexibility index (Phi) is 4.60. The van der Waals surface area contributed by atoms with Crippen molar-refractivity contribution < 1.29 is 4.79 Å². The third kappa shape index (κ3) is 4.50. The van der Waals surface area contributed by atoms with Crippen molar-refractivity contribution in [3.05, 3.63) is 41.2 Å². The molecule has 1 aromatic carbocycles. The quantitative estimate of drug-likeness (QED) is 0.803. The number of H-pyrrole nitrogens is 1. The van der Waals surface area contributed by atoms with E-state index in [2.05, 4.69) is 57.1 Å². The van der Waals surface area contributed by atoms with Crippen molar-refractivity contribution >= 4 is 5.91 Å². The number of aromatic nitrogens is 4. The van der Waals surface area contributed by atoms with Gasteiger partial charge in [-0.2, -0.15) is 5.21 Å². The lowest BCUT2D eigenvalue weighted by Crippen LogP contribution is -2.26. The topological polar surface area (TPSA) is 83.6 Å². The van der Waals surface area contributed by atoms with E-state index in [1.165, 1.54) is 11.1 Å². The second kappa shape index (κ2) is 6.63. The van der Waals surface area contributed by atoms with Crippen LogP contribution >= 0.6 is 0 Å². The van der Waals surface area contributed by atoms with Crippen molar-refractivity contribution in [1.82, 2.24) is 25.9 Å². The fourth-order valence-electron chi connectivity index (χ4n) is 1.70. The molecule has 1 heterocycles. The Bertz CT molecular complexity index is 506. The lowest BCUT2D eigenvalue weighted by atomic mass is 10.1. The summed E-state index contributed by atoms with van der Waals surface area (Å²) in [5.74, 6) is 0.655. The van der Waals surface area contributed by atoms with Gasteiger partial charge in [0.25, 0.3) is 0 Å². The van der Waals surface area contributed by atoms with Gasteiger partial charge in [-0.05, 0) is 18.9 Å². The minimum Gasteiger partial charge on any atom is -0.356 e. The number of rotatable bonds is 6. The molecule has 6 heteroatoms. The van der Waals surface area contributed by atoms with Crippen molar-refractivity contribution in [2.45, 2.75) is 26.2 Å². The number of benzene rings is 1. The van der Waals surface area contributed by atoms with Gasteiger partial charge in [0.1, 0.15) is 0 Å². The van der Waals surface area contributed by atoms with Crippen molar-refractivity contribution in [2.24, 2.45) is 0 Å². The lowest BCUT2D eigenvalue weighted by molar-refractivity contribution is -0.121. The first-order valence-electron chi connectivity index (χ1n) is 6.28. The molecule has 0 aliphatic carbocycles. The van der Waals surface area contributed by atoms with E-state index in [1.54, 1.807) is 0 Å². The van der Waals surface area contributed by atoms with Crippen LogP contribution in [0.25, 0.3) is 0 Å². The van der Waals surface area contributed by atoms with Crippen LogP contribution in [-0.2, 0) is 17.6 Å². The highest BCUT2D eigenvalue weighted by Crippen LogP contribution is 2.05. The maximum atomic E-state index is 11.6. The number of hydrogen-bond donors (Lipinski definition) is 2. The van der Waals surface area contributed by atoms with Crippen LogP contribution in [0.5, 0.6) is 0 Å². The van der Waals surface area contributed by atoms with Crippen LogP contribution in [0.3, 0.4) is 0 Å². The number of nitrogens with one attached hydrogen (secondary N) is 2. The van der Waals surface area contributed by atoms with Crippen LogP contribution in [0.1, 0.15) is 23.4 Å². The highest BCUT2D eigenvalue weighted by atomic mass is 16.1. The average molecular weight is 259 g/mol. The molecule has 2 rings (SSSR count). The van der Waals surface area contributed by atoms with Gasteiger partial charge in [0.05, 0.1) is 0 Å². The molecular weight excluding hydrogens is 242 g/mol. The van der Waals surface area contributed by atoms with Crippen molar-refractivity contribution in [3.63, 3.8) is 0 Å². The molecular formula is C13H17N5O. The summed E-state index contributed by atoms with van der Waals surface area (Å²) in [6, 6.07) is 8.23. The SMILES string of the molecule is Cc1ccc(CCC(=O)NCCc2nn[nH]n2)cc1. The smallest absolute Gasteiger partial charge is 0.220 e. The lowest BCUT2D eigenvalue weighted by Gasteiger charge is -2.04. The van der Waals surface area contributed by atoms with Gasteiger partial charge in [0, 0.05) is 19.4 Å². The fraction of sp³-hybridized carbons (Fsp3) is 0.385. The molecule has 0 bridgehead atoms. The van der Waals surface area contributed by atoms with E-state index >= 15 is 0 Å². The van der Waals surface area contributed by atoms with E-state index in [-0.39, 0.29) is 5.91 Å². The van der Waals surface area contributed by atoms with Gasteiger partial charge >= 0.3 is 0 Å². The maximum absolute atomic E-state index is 11.6. The Morgan fingerprint density at radius 1 is 1.26 bits per heavy atom. The summed E-state index contributed by atoms with van der Waals surface area (Å²) < 4.78 is 0. The molecule has 0 aliphatic heterocycles. The summed E-state index contributed by atoms with van der Waals surface area (Å²) in [5.41, 5.74) is 2.41. The normalized spacial score (nSPS) is 10.4. The number of tetrazole rings is 1. The van der Waals surface area contributed by atoms with Crippen LogP contribution < -0.4 is 5.32 Å². The summed E-state index contributed by atoms with van der Waals surface area (Å²) in [7, 11) is 0. The molecule has 100 valence electrons. The molecule has 19 heavy (non-hydrogen) atoms. The number of carbonyl (C=O) groups excluding carboxylic acids is 1. The van der Waals surface area contributed by atoms with Gasteiger partial charge < -0.3 is 5.32 Å². The molecule has 1 aromatic heterocycles. The van der Waals surface area contributed by atoms with E-state index in [0.29, 0.717) is 25.2 Å². The molecule has 6 nitrogen and oxygen atoms in total. The number of hydrogen-bond acceptors (Lipinski definition) is 4. The molecule has 0 fully saturated rings. The van der Waals surface area contributed by atoms with E-state index in [9.17, 15) is 4.79 Å². The summed E-state index contributed by atoms with van der Waals surface area (Å²) in [5, 5.41) is 16.3. The molecule has 1 amide bonds. The number of carbonyl (C=O) groups is 1. The zero-order valence-electron chi connectivity index (χ0n) is 10.9. The van der Waals surface area contributed by atoms with E-state index in [0.717, 1.165) is 6.42 Å². The van der Waals surface area contributed by atoms with Gasteiger partial charge in [-0.15, -0.1) is 10.2 Å². The van der Waals surface area contributed by atoms with Gasteiger partial charge in [-0.25, -0.2) is 0 Å². The molecule has 2 aromatic rings. The van der Waals surface area contributed by atoms with Gasteiger partial charge in [-0.1, -0.05) is 35.0 Å². The molecule has 0 radical (unpaired) electrons. The predicted molar refractivity (Wildman–Crippen MR) is 70.4 cm³/mol. The van der Waals surface area contributed by atoms with Gasteiger partial charge in [0.2, 0.25) is 5.91 Å².